The highest BCUT2D eigenvalue weighted by Gasteiger charge is 2.21. The van der Waals surface area contributed by atoms with Gasteiger partial charge in [0.2, 0.25) is 0 Å². The summed E-state index contributed by atoms with van der Waals surface area (Å²) in [6.45, 7) is 3.89. The minimum absolute atomic E-state index is 0.941. The number of piperazine rings is 1. The molecule has 0 radical (unpaired) electrons. The summed E-state index contributed by atoms with van der Waals surface area (Å²) in [6.07, 6.45) is 0. The second-order valence-electron chi connectivity index (χ2n) is 5.75. The molecule has 2 aromatic carbocycles. The molecule has 0 aliphatic carbocycles. The molecule has 0 amide bonds. The van der Waals surface area contributed by atoms with E-state index < -0.39 is 0 Å². The molecule has 1 saturated heterocycles. The van der Waals surface area contributed by atoms with Crippen molar-refractivity contribution in [2.45, 2.75) is 0 Å². The van der Waals surface area contributed by atoms with Gasteiger partial charge in [0.15, 0.2) is 5.13 Å². The van der Waals surface area contributed by atoms with Gasteiger partial charge < -0.3 is 14.5 Å². The lowest BCUT2D eigenvalue weighted by Crippen LogP contribution is -2.46. The molecule has 2 heterocycles. The number of fused-ring (bicyclic) bond motifs is 1. The summed E-state index contributed by atoms with van der Waals surface area (Å²) in [5.74, 6) is 0.941. The normalized spacial score (nSPS) is 15.1. The van der Waals surface area contributed by atoms with Crippen LogP contribution < -0.4 is 14.5 Å². The zero-order valence-electron chi connectivity index (χ0n) is 13.4. The highest BCUT2D eigenvalue weighted by molar-refractivity contribution is 9.10. The Bertz CT molecular complexity index is 858. The molecule has 4 nitrogen and oxygen atoms in total. The lowest BCUT2D eigenvalue weighted by atomic mass is 10.2. The monoisotopic (exact) mass is 403 g/mol. The van der Waals surface area contributed by atoms with E-state index in [4.69, 9.17) is 9.72 Å². The summed E-state index contributed by atoms with van der Waals surface area (Å²) >= 11 is 5.30. The van der Waals surface area contributed by atoms with Crippen molar-refractivity contribution in [3.63, 3.8) is 0 Å². The molecule has 0 unspecified atom stereocenters. The molecule has 4 rings (SSSR count). The second kappa shape index (κ2) is 6.61. The van der Waals surface area contributed by atoms with E-state index in [1.807, 2.05) is 18.2 Å². The summed E-state index contributed by atoms with van der Waals surface area (Å²) in [4.78, 5) is 9.56. The number of methoxy groups -OCH3 is 1. The van der Waals surface area contributed by atoms with Crippen LogP contribution in [0.25, 0.3) is 10.2 Å². The molecule has 1 aliphatic heterocycles. The van der Waals surface area contributed by atoms with Gasteiger partial charge in [-0.3, -0.25) is 0 Å². The predicted octanol–water partition coefficient (Wildman–Crippen LogP) is 4.39. The number of halogens is 1. The van der Waals surface area contributed by atoms with Gasteiger partial charge in [0.25, 0.3) is 0 Å². The van der Waals surface area contributed by atoms with Crippen molar-refractivity contribution in [3.8, 4) is 5.75 Å². The molecule has 3 aromatic rings. The van der Waals surface area contributed by atoms with Crippen LogP contribution in [-0.2, 0) is 0 Å². The van der Waals surface area contributed by atoms with Gasteiger partial charge in [0.1, 0.15) is 5.75 Å². The van der Waals surface area contributed by atoms with Crippen molar-refractivity contribution in [1.82, 2.24) is 4.98 Å². The van der Waals surface area contributed by atoms with E-state index in [1.165, 1.54) is 10.4 Å². The van der Waals surface area contributed by atoms with Crippen LogP contribution in [0.5, 0.6) is 5.75 Å². The Labute approximate surface area is 153 Å². The third-order valence-corrected chi connectivity index (χ3v) is 5.89. The number of thiazole rings is 1. The molecule has 1 aromatic heterocycles. The van der Waals surface area contributed by atoms with Crippen LogP contribution in [0, 0.1) is 0 Å². The number of anilines is 2. The van der Waals surface area contributed by atoms with Gasteiger partial charge >= 0.3 is 0 Å². The van der Waals surface area contributed by atoms with Crippen LogP contribution >= 0.6 is 27.3 Å². The first-order valence-corrected chi connectivity index (χ1v) is 9.54. The van der Waals surface area contributed by atoms with Crippen LogP contribution in [0.1, 0.15) is 0 Å². The SMILES string of the molecule is COc1ccccc1N1CCN(c2nc3ccc(Br)cc3s2)CC1. The minimum Gasteiger partial charge on any atom is -0.495 e. The fourth-order valence-electron chi connectivity index (χ4n) is 3.05. The molecule has 0 bridgehead atoms. The van der Waals surface area contributed by atoms with Crippen LogP contribution in [0.3, 0.4) is 0 Å². The third-order valence-electron chi connectivity index (χ3n) is 4.32. The zero-order chi connectivity index (χ0) is 16.5. The maximum atomic E-state index is 5.49. The fraction of sp³-hybridized carbons (Fsp3) is 0.278. The molecule has 0 saturated carbocycles. The van der Waals surface area contributed by atoms with E-state index in [0.717, 1.165) is 47.0 Å². The summed E-state index contributed by atoms with van der Waals surface area (Å²) in [5.41, 5.74) is 2.25. The van der Waals surface area contributed by atoms with E-state index in [0.29, 0.717) is 0 Å². The summed E-state index contributed by atoms with van der Waals surface area (Å²) in [6, 6.07) is 14.5. The number of aromatic nitrogens is 1. The quantitative estimate of drug-likeness (QED) is 0.647. The Morgan fingerprint density at radius 1 is 1.04 bits per heavy atom. The van der Waals surface area contributed by atoms with E-state index in [2.05, 4.69) is 50.0 Å². The Hall–Kier alpha value is -1.79. The lowest BCUT2D eigenvalue weighted by Gasteiger charge is -2.36. The number of benzene rings is 2. The Kier molecular flexibility index (Phi) is 4.33. The van der Waals surface area contributed by atoms with Crippen LogP contribution in [0.2, 0.25) is 0 Å². The number of nitrogens with zero attached hydrogens (tertiary/aromatic N) is 3. The number of para-hydroxylation sites is 2. The molecule has 6 heteroatoms. The maximum Gasteiger partial charge on any atom is 0.186 e. The van der Waals surface area contributed by atoms with Crippen LogP contribution in [0.4, 0.5) is 10.8 Å². The summed E-state index contributed by atoms with van der Waals surface area (Å²) < 4.78 is 7.82. The lowest BCUT2D eigenvalue weighted by molar-refractivity contribution is 0.413. The molecular formula is C18H18BrN3OS. The smallest absolute Gasteiger partial charge is 0.186 e. The van der Waals surface area contributed by atoms with E-state index >= 15 is 0 Å². The number of rotatable bonds is 3. The van der Waals surface area contributed by atoms with Crippen molar-refractivity contribution in [2.75, 3.05) is 43.1 Å². The molecule has 0 atom stereocenters. The maximum absolute atomic E-state index is 5.49. The predicted molar refractivity (Wildman–Crippen MR) is 105 cm³/mol. The highest BCUT2D eigenvalue weighted by Crippen LogP contribution is 2.33. The van der Waals surface area contributed by atoms with Crippen molar-refractivity contribution in [1.29, 1.82) is 0 Å². The standard InChI is InChI=1S/C18H18BrN3OS/c1-23-16-5-3-2-4-15(16)21-8-10-22(11-9-21)18-20-14-7-6-13(19)12-17(14)24-18/h2-7,12H,8-11H2,1H3. The van der Waals surface area contributed by atoms with Gasteiger partial charge in [-0.05, 0) is 30.3 Å². The molecule has 124 valence electrons. The first-order valence-electron chi connectivity index (χ1n) is 7.93. The molecule has 0 N–H and O–H groups in total. The second-order valence-corrected chi connectivity index (χ2v) is 7.68. The van der Waals surface area contributed by atoms with Crippen LogP contribution in [-0.4, -0.2) is 38.3 Å². The molecule has 24 heavy (non-hydrogen) atoms. The topological polar surface area (TPSA) is 28.6 Å². The van der Waals surface area contributed by atoms with Gasteiger partial charge in [-0.2, -0.15) is 0 Å². The average Bonchev–Trinajstić information content (AvgIpc) is 3.05. The van der Waals surface area contributed by atoms with Gasteiger partial charge in [-0.1, -0.05) is 39.4 Å². The molecule has 0 spiro atoms. The van der Waals surface area contributed by atoms with Gasteiger partial charge in [-0.15, -0.1) is 0 Å². The van der Waals surface area contributed by atoms with Crippen molar-refractivity contribution < 1.29 is 4.74 Å². The zero-order valence-corrected chi connectivity index (χ0v) is 15.8. The Balaban J connectivity index is 1.51. The first-order chi connectivity index (χ1) is 11.7. The van der Waals surface area contributed by atoms with E-state index in [-0.39, 0.29) is 0 Å². The van der Waals surface area contributed by atoms with E-state index in [9.17, 15) is 0 Å². The fourth-order valence-corrected chi connectivity index (χ4v) is 4.62. The molecule has 1 fully saturated rings. The molecule has 1 aliphatic rings. The van der Waals surface area contributed by atoms with Crippen LogP contribution in [0.15, 0.2) is 46.9 Å². The van der Waals surface area contributed by atoms with Gasteiger partial charge in [0, 0.05) is 30.7 Å². The summed E-state index contributed by atoms with van der Waals surface area (Å²) in [5, 5.41) is 1.11. The van der Waals surface area contributed by atoms with Crippen molar-refractivity contribution in [2.24, 2.45) is 0 Å². The largest absolute Gasteiger partial charge is 0.495 e. The van der Waals surface area contributed by atoms with Gasteiger partial charge in [0.05, 0.1) is 23.0 Å². The number of hydrogen-bond donors (Lipinski definition) is 0. The Morgan fingerprint density at radius 3 is 2.58 bits per heavy atom. The number of hydrogen-bond acceptors (Lipinski definition) is 5. The summed E-state index contributed by atoms with van der Waals surface area (Å²) in [7, 11) is 1.73. The van der Waals surface area contributed by atoms with E-state index in [1.54, 1.807) is 18.4 Å². The highest BCUT2D eigenvalue weighted by atomic mass is 79.9. The van der Waals surface area contributed by atoms with Gasteiger partial charge in [-0.25, -0.2) is 4.98 Å². The molecular weight excluding hydrogens is 386 g/mol. The Morgan fingerprint density at radius 2 is 1.79 bits per heavy atom. The van der Waals surface area contributed by atoms with Crippen molar-refractivity contribution >= 4 is 48.3 Å². The number of ether oxygens (including phenoxy) is 1. The van der Waals surface area contributed by atoms with Crippen molar-refractivity contribution in [3.05, 3.63) is 46.9 Å². The first kappa shape index (κ1) is 15.7. The third kappa shape index (κ3) is 2.96. The average molecular weight is 404 g/mol. The minimum atomic E-state index is 0.941.